The van der Waals surface area contributed by atoms with Crippen molar-refractivity contribution in [2.75, 3.05) is 6.54 Å². The molecule has 0 atom stereocenters. The molecule has 8 heteroatoms. The Labute approximate surface area is 187 Å². The highest BCUT2D eigenvalue weighted by Crippen LogP contribution is 2.28. The van der Waals surface area contributed by atoms with Crippen molar-refractivity contribution in [3.05, 3.63) is 81.3 Å². The van der Waals surface area contributed by atoms with E-state index >= 15 is 0 Å². The van der Waals surface area contributed by atoms with Crippen LogP contribution in [0.5, 0.6) is 5.75 Å². The predicted octanol–water partition coefficient (Wildman–Crippen LogP) is 4.49. The highest BCUT2D eigenvalue weighted by atomic mass is 79.9. The molecular formula is C21H16BrClN2O3S. The standard InChI is InChI=1S/C21H16BrClN2O3S/c1-2-9-25-20(27)16(19(26)24-21(25)29)10-14-5-8-18(17(22)11-14)28-12-13-3-6-15(23)7-4-13/h2-8,10-11H,1,9,12H2,(H,24,26,29)/b16-10+. The average molecular weight is 492 g/mol. The lowest BCUT2D eigenvalue weighted by Crippen LogP contribution is -2.53. The predicted molar refractivity (Wildman–Crippen MR) is 121 cm³/mol. The second kappa shape index (κ2) is 9.35. The molecule has 5 nitrogen and oxygen atoms in total. The second-order valence-electron chi connectivity index (χ2n) is 6.13. The summed E-state index contributed by atoms with van der Waals surface area (Å²) in [6, 6.07) is 12.7. The lowest BCUT2D eigenvalue weighted by molar-refractivity contribution is -0.128. The summed E-state index contributed by atoms with van der Waals surface area (Å²) in [7, 11) is 0. The van der Waals surface area contributed by atoms with E-state index < -0.39 is 11.8 Å². The van der Waals surface area contributed by atoms with Crippen LogP contribution in [0.4, 0.5) is 0 Å². The van der Waals surface area contributed by atoms with Crippen molar-refractivity contribution in [2.45, 2.75) is 6.61 Å². The number of carbonyl (C=O) groups is 2. The number of rotatable bonds is 6. The Hall–Kier alpha value is -2.48. The van der Waals surface area contributed by atoms with Crippen molar-refractivity contribution in [3.63, 3.8) is 0 Å². The van der Waals surface area contributed by atoms with E-state index in [-0.39, 0.29) is 17.2 Å². The van der Waals surface area contributed by atoms with Gasteiger partial charge in [0.05, 0.1) is 4.47 Å². The number of thiocarbonyl (C=S) groups is 1. The quantitative estimate of drug-likeness (QED) is 0.280. The van der Waals surface area contributed by atoms with Crippen molar-refractivity contribution in [3.8, 4) is 5.75 Å². The highest BCUT2D eigenvalue weighted by Gasteiger charge is 2.32. The van der Waals surface area contributed by atoms with Crippen LogP contribution >= 0.6 is 39.7 Å². The van der Waals surface area contributed by atoms with E-state index in [1.54, 1.807) is 36.4 Å². The van der Waals surface area contributed by atoms with Crippen LogP contribution in [0.1, 0.15) is 11.1 Å². The first kappa shape index (κ1) is 21.2. The normalized spacial score (nSPS) is 15.4. The first-order valence-corrected chi connectivity index (χ1v) is 10.1. The van der Waals surface area contributed by atoms with E-state index in [2.05, 4.69) is 27.8 Å². The number of amides is 2. The van der Waals surface area contributed by atoms with E-state index in [0.29, 0.717) is 27.4 Å². The van der Waals surface area contributed by atoms with E-state index in [4.69, 9.17) is 28.6 Å². The number of hydrogen-bond donors (Lipinski definition) is 1. The minimum atomic E-state index is -0.528. The molecule has 1 N–H and O–H groups in total. The molecule has 0 saturated carbocycles. The minimum absolute atomic E-state index is 0.00202. The molecule has 1 aliphatic heterocycles. The summed E-state index contributed by atoms with van der Waals surface area (Å²) >= 11 is 14.4. The van der Waals surface area contributed by atoms with Gasteiger partial charge in [-0.15, -0.1) is 6.58 Å². The van der Waals surface area contributed by atoms with Crippen LogP contribution in [-0.4, -0.2) is 28.4 Å². The number of benzene rings is 2. The van der Waals surface area contributed by atoms with E-state index in [1.807, 2.05) is 12.1 Å². The van der Waals surface area contributed by atoms with Crippen molar-refractivity contribution < 1.29 is 14.3 Å². The monoisotopic (exact) mass is 490 g/mol. The molecule has 1 saturated heterocycles. The maximum atomic E-state index is 12.6. The van der Waals surface area contributed by atoms with Gasteiger partial charge in [-0.1, -0.05) is 35.9 Å². The second-order valence-corrected chi connectivity index (χ2v) is 7.80. The molecule has 0 spiro atoms. The Bertz CT molecular complexity index is 1020. The van der Waals surface area contributed by atoms with Gasteiger partial charge in [0.1, 0.15) is 17.9 Å². The van der Waals surface area contributed by atoms with E-state index in [9.17, 15) is 9.59 Å². The summed E-state index contributed by atoms with van der Waals surface area (Å²) in [6.07, 6.45) is 3.06. The van der Waals surface area contributed by atoms with Gasteiger partial charge in [0.2, 0.25) is 0 Å². The fourth-order valence-corrected chi connectivity index (χ4v) is 3.51. The van der Waals surface area contributed by atoms with Gasteiger partial charge in [0, 0.05) is 11.6 Å². The Morgan fingerprint density at radius 2 is 1.93 bits per heavy atom. The zero-order valence-corrected chi connectivity index (χ0v) is 18.3. The van der Waals surface area contributed by atoms with Crippen molar-refractivity contribution >= 4 is 62.8 Å². The smallest absolute Gasteiger partial charge is 0.265 e. The molecule has 2 amide bonds. The minimum Gasteiger partial charge on any atom is -0.488 e. The Morgan fingerprint density at radius 3 is 2.59 bits per heavy atom. The fraction of sp³-hybridized carbons (Fsp3) is 0.0952. The molecule has 0 radical (unpaired) electrons. The van der Waals surface area contributed by atoms with Crippen LogP contribution in [0.25, 0.3) is 6.08 Å². The molecule has 2 aromatic rings. The number of halogens is 2. The molecule has 1 aliphatic rings. The summed E-state index contributed by atoms with van der Waals surface area (Å²) < 4.78 is 6.52. The maximum Gasteiger partial charge on any atom is 0.265 e. The molecule has 0 aromatic heterocycles. The molecule has 29 heavy (non-hydrogen) atoms. The van der Waals surface area contributed by atoms with Crippen LogP contribution in [0.15, 0.2) is 65.2 Å². The SMILES string of the molecule is C=CCN1C(=O)/C(=C/c2ccc(OCc3ccc(Cl)cc3)c(Br)c2)C(=O)NC1=S. The van der Waals surface area contributed by atoms with Gasteiger partial charge in [0.15, 0.2) is 5.11 Å². The van der Waals surface area contributed by atoms with Gasteiger partial charge in [-0.25, -0.2) is 0 Å². The number of ether oxygens (including phenoxy) is 1. The molecule has 3 rings (SSSR count). The lowest BCUT2D eigenvalue weighted by Gasteiger charge is -2.27. The summed E-state index contributed by atoms with van der Waals surface area (Å²) in [5, 5.41) is 3.26. The van der Waals surface area contributed by atoms with E-state index in [0.717, 1.165) is 5.56 Å². The molecule has 148 valence electrons. The molecule has 1 heterocycles. The van der Waals surface area contributed by atoms with Crippen molar-refractivity contribution in [2.24, 2.45) is 0 Å². The largest absolute Gasteiger partial charge is 0.488 e. The Morgan fingerprint density at radius 1 is 1.21 bits per heavy atom. The zero-order chi connectivity index (χ0) is 21.0. The van der Waals surface area contributed by atoms with Gasteiger partial charge in [0.25, 0.3) is 11.8 Å². The summed E-state index contributed by atoms with van der Waals surface area (Å²) in [5.74, 6) is -0.353. The van der Waals surface area contributed by atoms with Crippen molar-refractivity contribution in [1.29, 1.82) is 0 Å². The number of nitrogens with one attached hydrogen (secondary N) is 1. The summed E-state index contributed by atoms with van der Waals surface area (Å²) in [4.78, 5) is 26.1. The van der Waals surface area contributed by atoms with Crippen LogP contribution in [0.3, 0.4) is 0 Å². The third-order valence-electron chi connectivity index (χ3n) is 4.07. The molecule has 0 bridgehead atoms. The third kappa shape index (κ3) is 5.12. The average Bonchev–Trinajstić information content (AvgIpc) is 2.69. The number of carbonyl (C=O) groups excluding carboxylic acids is 2. The molecular weight excluding hydrogens is 476 g/mol. The molecule has 1 fully saturated rings. The molecule has 0 unspecified atom stereocenters. The first-order valence-electron chi connectivity index (χ1n) is 8.55. The summed E-state index contributed by atoms with van der Waals surface area (Å²) in [5.41, 5.74) is 1.65. The maximum absolute atomic E-state index is 12.6. The summed E-state index contributed by atoms with van der Waals surface area (Å²) in [6.45, 7) is 4.20. The van der Waals surface area contributed by atoms with Gasteiger partial charge >= 0.3 is 0 Å². The molecule has 2 aromatic carbocycles. The molecule has 0 aliphatic carbocycles. The van der Waals surface area contributed by atoms with Crippen LogP contribution in [0, 0.1) is 0 Å². The number of hydrogen-bond acceptors (Lipinski definition) is 4. The van der Waals surface area contributed by atoms with Gasteiger partial charge in [-0.3, -0.25) is 19.8 Å². The van der Waals surface area contributed by atoms with Gasteiger partial charge in [-0.05, 0) is 69.6 Å². The van der Waals surface area contributed by atoms with Crippen LogP contribution in [-0.2, 0) is 16.2 Å². The third-order valence-corrected chi connectivity index (χ3v) is 5.27. The highest BCUT2D eigenvalue weighted by molar-refractivity contribution is 9.10. The van der Waals surface area contributed by atoms with Crippen LogP contribution in [0.2, 0.25) is 5.02 Å². The topological polar surface area (TPSA) is 58.6 Å². The number of nitrogens with zero attached hydrogens (tertiary/aromatic N) is 1. The van der Waals surface area contributed by atoms with E-state index in [1.165, 1.54) is 11.0 Å². The Balaban J connectivity index is 1.77. The first-order chi connectivity index (χ1) is 13.9. The lowest BCUT2D eigenvalue weighted by atomic mass is 10.1. The fourth-order valence-electron chi connectivity index (χ4n) is 2.62. The van der Waals surface area contributed by atoms with Crippen LogP contribution < -0.4 is 10.1 Å². The van der Waals surface area contributed by atoms with Gasteiger partial charge < -0.3 is 4.74 Å². The van der Waals surface area contributed by atoms with Crippen molar-refractivity contribution in [1.82, 2.24) is 10.2 Å². The Kier molecular flexibility index (Phi) is 6.84. The van der Waals surface area contributed by atoms with Gasteiger partial charge in [-0.2, -0.15) is 0 Å². The zero-order valence-electron chi connectivity index (χ0n) is 15.2.